The van der Waals surface area contributed by atoms with Crippen molar-refractivity contribution in [3.63, 3.8) is 0 Å². The number of ether oxygens (including phenoxy) is 12. The molecule has 2 aliphatic heterocycles. The van der Waals surface area contributed by atoms with Crippen molar-refractivity contribution >= 4 is 30.6 Å². The van der Waals surface area contributed by atoms with E-state index in [0.29, 0.717) is 0 Å². The first-order chi connectivity index (χ1) is 44.9. The molecule has 0 unspecified atom stereocenters. The van der Waals surface area contributed by atoms with Gasteiger partial charge in [-0.1, -0.05) is 263 Å². The topological polar surface area (TPSA) is 154 Å². The van der Waals surface area contributed by atoms with Crippen molar-refractivity contribution in [3.05, 3.63) is 276 Å². The maximum Gasteiger partial charge on any atom is 0.337 e. The molecule has 11 atom stereocenters. The molecule has 0 radical (unpaired) electrons. The molecule has 0 spiro atoms. The van der Waals surface area contributed by atoms with Crippen LogP contribution in [0.1, 0.15) is 61.1 Å². The van der Waals surface area contributed by atoms with Gasteiger partial charge >= 0.3 is 11.9 Å². The summed E-state index contributed by atoms with van der Waals surface area (Å²) in [6.07, 6.45) is -11.7. The van der Waals surface area contributed by atoms with E-state index in [2.05, 4.69) is 45.0 Å². The average molecular weight is 1270 g/mol. The van der Waals surface area contributed by atoms with E-state index >= 15 is 0 Å². The first kappa shape index (κ1) is 67.4. The lowest BCUT2D eigenvalue weighted by atomic mass is 9.96. The van der Waals surface area contributed by atoms with Gasteiger partial charge in [0.05, 0.1) is 60.0 Å². The van der Waals surface area contributed by atoms with Crippen LogP contribution in [0.5, 0.6) is 0 Å². The zero-order chi connectivity index (χ0) is 64.0. The molecule has 10 rings (SSSR count). The predicted molar refractivity (Wildman–Crippen MR) is 350 cm³/mol. The predicted octanol–water partition coefficient (Wildman–Crippen LogP) is 11.7. The monoisotopic (exact) mass is 1260 g/mol. The van der Waals surface area contributed by atoms with E-state index in [1.165, 1.54) is 14.0 Å². The zero-order valence-electron chi connectivity index (χ0n) is 52.9. The molecular formula is C76H84O15Si. The first-order valence-electron chi connectivity index (χ1n) is 31.4. The number of benzene rings is 8. The van der Waals surface area contributed by atoms with Gasteiger partial charge in [0, 0.05) is 6.92 Å². The molecule has 2 aliphatic rings. The smallest absolute Gasteiger partial charge is 0.337 e. The molecule has 0 bridgehead atoms. The lowest BCUT2D eigenvalue weighted by molar-refractivity contribution is -0.356. The van der Waals surface area contributed by atoms with Gasteiger partial charge in [-0.2, -0.15) is 0 Å². The Labute approximate surface area is 541 Å². The van der Waals surface area contributed by atoms with Crippen LogP contribution in [0.3, 0.4) is 0 Å². The number of hydrogen-bond acceptors (Lipinski definition) is 15. The molecule has 0 aliphatic carbocycles. The number of hydrogen-bond donors (Lipinski definition) is 0. The van der Waals surface area contributed by atoms with Crippen LogP contribution in [-0.2, 0) is 110 Å². The highest BCUT2D eigenvalue weighted by Crippen LogP contribution is 2.39. The van der Waals surface area contributed by atoms with Crippen LogP contribution >= 0.6 is 0 Å². The summed E-state index contributed by atoms with van der Waals surface area (Å²) in [5, 5.41) is 1.57. The summed E-state index contributed by atoms with van der Waals surface area (Å²) >= 11 is 0. The Morgan fingerprint density at radius 3 is 1.04 bits per heavy atom. The van der Waals surface area contributed by atoms with Gasteiger partial charge < -0.3 is 61.3 Å². The first-order valence-corrected chi connectivity index (χ1v) is 33.3. The molecule has 92 heavy (non-hydrogen) atoms. The molecule has 15 nitrogen and oxygen atoms in total. The molecule has 16 heteroatoms. The van der Waals surface area contributed by atoms with Gasteiger partial charge in [0.15, 0.2) is 18.7 Å². The lowest BCUT2D eigenvalue weighted by Crippen LogP contribution is -2.67. The molecule has 0 amide bonds. The van der Waals surface area contributed by atoms with Crippen molar-refractivity contribution in [3.8, 4) is 0 Å². The molecule has 0 saturated carbocycles. The fourth-order valence-corrected chi connectivity index (χ4v) is 16.4. The highest BCUT2D eigenvalue weighted by molar-refractivity contribution is 6.99. The Bertz CT molecular complexity index is 3370. The van der Waals surface area contributed by atoms with Crippen LogP contribution in [0.2, 0.25) is 5.04 Å². The second-order valence-corrected chi connectivity index (χ2v) is 28.2. The average Bonchev–Trinajstić information content (AvgIpc) is 0.766. The Morgan fingerprint density at radius 2 is 0.707 bits per heavy atom. The Kier molecular flexibility index (Phi) is 24.8. The van der Waals surface area contributed by atoms with E-state index in [4.69, 9.17) is 61.3 Å². The van der Waals surface area contributed by atoms with Gasteiger partial charge in [-0.25, -0.2) is 4.79 Å². The second kappa shape index (κ2) is 33.9. The van der Waals surface area contributed by atoms with Gasteiger partial charge in [0.25, 0.3) is 8.32 Å². The highest BCUT2D eigenvalue weighted by atomic mass is 28.4. The van der Waals surface area contributed by atoms with Crippen LogP contribution in [0.25, 0.3) is 0 Å². The number of carbonyl (C=O) groups is 2. The van der Waals surface area contributed by atoms with Gasteiger partial charge in [0.1, 0.15) is 55.4 Å². The van der Waals surface area contributed by atoms with E-state index in [9.17, 15) is 9.59 Å². The van der Waals surface area contributed by atoms with Crippen molar-refractivity contribution in [1.82, 2.24) is 0 Å². The van der Waals surface area contributed by atoms with Crippen LogP contribution in [-0.4, -0.2) is 115 Å². The van der Waals surface area contributed by atoms with Crippen molar-refractivity contribution < 1.29 is 70.9 Å². The molecule has 2 fully saturated rings. The second-order valence-electron chi connectivity index (χ2n) is 23.9. The van der Waals surface area contributed by atoms with Crippen molar-refractivity contribution in [2.45, 2.75) is 140 Å². The quantitative estimate of drug-likeness (QED) is 0.0299. The Hall–Kier alpha value is -7.52. The lowest BCUT2D eigenvalue weighted by Gasteiger charge is -2.48. The summed E-state index contributed by atoms with van der Waals surface area (Å²) in [7, 11) is -1.96. The summed E-state index contributed by atoms with van der Waals surface area (Å²) < 4.78 is 89.7. The highest BCUT2D eigenvalue weighted by Gasteiger charge is 2.55. The maximum atomic E-state index is 14.6. The molecular weight excluding hydrogens is 1180 g/mol. The Balaban J connectivity index is 1.06. The van der Waals surface area contributed by atoms with Crippen LogP contribution in [0.4, 0.5) is 0 Å². The third-order valence-electron chi connectivity index (χ3n) is 16.4. The van der Waals surface area contributed by atoms with Crippen LogP contribution < -0.4 is 10.4 Å². The third kappa shape index (κ3) is 18.2. The van der Waals surface area contributed by atoms with E-state index < -0.39 is 92.8 Å². The van der Waals surface area contributed by atoms with Crippen molar-refractivity contribution in [2.75, 3.05) is 26.9 Å². The van der Waals surface area contributed by atoms with Gasteiger partial charge in [-0.05, 0) is 48.8 Å². The maximum absolute atomic E-state index is 14.6. The minimum atomic E-state index is -3.29. The van der Waals surface area contributed by atoms with Crippen LogP contribution in [0, 0.1) is 0 Å². The largest absolute Gasteiger partial charge is 0.467 e. The molecule has 0 N–H and O–H groups in total. The number of rotatable bonds is 31. The molecule has 2 saturated heterocycles. The fourth-order valence-electron chi connectivity index (χ4n) is 11.8. The number of esters is 2. The minimum absolute atomic E-state index is 0.103. The van der Waals surface area contributed by atoms with E-state index in [0.717, 1.165) is 43.8 Å². The fraction of sp³-hybridized carbons (Fsp3) is 0.342. The molecule has 8 aromatic rings. The normalized spacial score (nSPS) is 22.1. The number of methoxy groups -OCH3 is 1. The van der Waals surface area contributed by atoms with Crippen molar-refractivity contribution in [2.24, 2.45) is 0 Å². The summed E-state index contributed by atoms with van der Waals surface area (Å²) in [6, 6.07) is 79.2. The molecule has 0 aromatic heterocycles. The van der Waals surface area contributed by atoms with Crippen molar-refractivity contribution in [1.29, 1.82) is 0 Å². The van der Waals surface area contributed by atoms with E-state index in [1.54, 1.807) is 0 Å². The minimum Gasteiger partial charge on any atom is -0.467 e. The summed E-state index contributed by atoms with van der Waals surface area (Å²) in [4.78, 5) is 27.4. The van der Waals surface area contributed by atoms with Crippen LogP contribution in [0.15, 0.2) is 243 Å². The number of carbonyl (C=O) groups excluding carboxylic acids is 2. The molecule has 482 valence electrons. The SMILES string of the molecule is COC(=O)[C@@H](CO[Si](c1ccccc1)(c1ccccc1)C(C)(C)C)O[C@H]1O[C@H](CO[C@H]2O[C@H](COC(C)=O)[C@@H](OCc3ccccc3)[C@H](OCc3ccccc3)[C@H]2OCc2ccccc2)[C@@H](OCc2ccccc2)[C@H](OCc2ccccc2)[C@H]1OCc1ccccc1. The molecule has 2 heterocycles. The summed E-state index contributed by atoms with van der Waals surface area (Å²) in [5.74, 6) is -1.20. The summed E-state index contributed by atoms with van der Waals surface area (Å²) in [5.41, 5.74) is 5.35. The standard InChI is InChI=1S/C76H84O15Si/c1-55(77)80-52-64-67(81-46-56-30-14-6-15-31-56)69(83-48-58-34-18-8-19-35-58)71(85-50-60-38-22-10-23-39-60)74(89-64)87-53-65-68(82-47-57-32-16-7-17-33-57)70(84-49-59-36-20-9-21-37-59)72(86-51-61-40-24-11-25-41-61)75(90-65)91-66(73(78)79-5)54-88-92(76(2,3)4,62-42-26-12-27-43-62)63-44-28-13-29-45-63/h6-45,64-72,74-75H,46-54H2,1-5H3/t64-,65-,66-,67-,68-,69+,70+,71-,72-,74+,75-/m1/s1. The van der Waals surface area contributed by atoms with Gasteiger partial charge in [0.2, 0.25) is 0 Å². The van der Waals surface area contributed by atoms with Gasteiger partial charge in [-0.15, -0.1) is 0 Å². The molecule has 8 aromatic carbocycles. The van der Waals surface area contributed by atoms with E-state index in [1.807, 2.05) is 218 Å². The zero-order valence-corrected chi connectivity index (χ0v) is 53.9. The van der Waals surface area contributed by atoms with Gasteiger partial charge in [-0.3, -0.25) is 4.79 Å². The Morgan fingerprint density at radius 1 is 0.402 bits per heavy atom. The summed E-state index contributed by atoms with van der Waals surface area (Å²) in [6.45, 7) is 8.03. The third-order valence-corrected chi connectivity index (χ3v) is 21.4. The van der Waals surface area contributed by atoms with E-state index in [-0.39, 0.29) is 59.5 Å².